The molecule has 0 fully saturated rings. The van der Waals surface area contributed by atoms with Crippen LogP contribution in [0, 0.1) is 0 Å². The molecule has 0 saturated heterocycles. The molecule has 0 bridgehead atoms. The molecule has 11 aromatic rings. The maximum absolute atomic E-state index is 6.74. The number of hydrogen-bond donors (Lipinski definition) is 0. The van der Waals surface area contributed by atoms with Crippen LogP contribution >= 0.6 is 0 Å². The molecule has 4 heteroatoms. The van der Waals surface area contributed by atoms with Crippen LogP contribution < -0.4 is 0 Å². The average Bonchev–Trinajstić information content (AvgIpc) is 3.69. The van der Waals surface area contributed by atoms with E-state index in [1.807, 2.05) is 42.5 Å². The highest BCUT2D eigenvalue weighted by Crippen LogP contribution is 2.46. The van der Waals surface area contributed by atoms with E-state index in [4.69, 9.17) is 19.4 Å². The van der Waals surface area contributed by atoms with Gasteiger partial charge in [0.15, 0.2) is 17.5 Å². The highest BCUT2D eigenvalue weighted by molar-refractivity contribution is 6.24. The summed E-state index contributed by atoms with van der Waals surface area (Å²) < 4.78 is 6.74. The monoisotopic (exact) mass is 727 g/mol. The van der Waals surface area contributed by atoms with E-state index >= 15 is 0 Å². The normalized spacial score (nSPS) is 11.5. The van der Waals surface area contributed by atoms with E-state index in [0.29, 0.717) is 17.5 Å². The number of hydrogen-bond acceptors (Lipinski definition) is 4. The lowest BCUT2D eigenvalue weighted by atomic mass is 9.88. The summed E-state index contributed by atoms with van der Waals surface area (Å²) >= 11 is 0. The van der Waals surface area contributed by atoms with Crippen LogP contribution in [0.3, 0.4) is 0 Å². The van der Waals surface area contributed by atoms with E-state index < -0.39 is 0 Å². The molecular formula is C53H33N3O. The smallest absolute Gasteiger partial charge is 0.164 e. The van der Waals surface area contributed by atoms with Crippen molar-refractivity contribution in [1.82, 2.24) is 15.0 Å². The third-order valence-electron chi connectivity index (χ3n) is 11.0. The molecule has 2 aromatic heterocycles. The van der Waals surface area contributed by atoms with Gasteiger partial charge in [-0.3, -0.25) is 0 Å². The first kappa shape index (κ1) is 32.7. The van der Waals surface area contributed by atoms with Crippen molar-refractivity contribution in [2.24, 2.45) is 0 Å². The van der Waals surface area contributed by atoms with Gasteiger partial charge in [-0.15, -0.1) is 0 Å². The van der Waals surface area contributed by atoms with Gasteiger partial charge in [0.25, 0.3) is 0 Å². The van der Waals surface area contributed by atoms with Crippen molar-refractivity contribution < 1.29 is 4.42 Å². The summed E-state index contributed by atoms with van der Waals surface area (Å²) in [4.78, 5) is 15.4. The summed E-state index contributed by atoms with van der Waals surface area (Å²) in [5.74, 6) is 1.88. The summed E-state index contributed by atoms with van der Waals surface area (Å²) in [7, 11) is 0. The van der Waals surface area contributed by atoms with Gasteiger partial charge in [0.1, 0.15) is 11.2 Å². The number of furan rings is 1. The Morgan fingerprint density at radius 2 is 0.772 bits per heavy atom. The van der Waals surface area contributed by atoms with Gasteiger partial charge in [0.05, 0.1) is 0 Å². The summed E-state index contributed by atoms with van der Waals surface area (Å²) in [6, 6.07) is 69.8. The maximum Gasteiger partial charge on any atom is 0.164 e. The molecule has 0 radical (unpaired) electrons. The fourth-order valence-corrected chi connectivity index (χ4v) is 8.23. The highest BCUT2D eigenvalue weighted by atomic mass is 16.3. The molecule has 266 valence electrons. The molecule has 0 aliphatic carbocycles. The molecule has 0 amide bonds. The number of nitrogens with zero attached hydrogens (tertiary/aromatic N) is 3. The lowest BCUT2D eigenvalue weighted by Gasteiger charge is -2.15. The van der Waals surface area contributed by atoms with Crippen molar-refractivity contribution in [3.63, 3.8) is 0 Å². The van der Waals surface area contributed by atoms with Crippen molar-refractivity contribution in [3.05, 3.63) is 200 Å². The Bertz CT molecular complexity index is 3260. The summed E-state index contributed by atoms with van der Waals surface area (Å²) in [5, 5.41) is 6.60. The first-order chi connectivity index (χ1) is 28.3. The van der Waals surface area contributed by atoms with Gasteiger partial charge in [0, 0.05) is 32.8 Å². The summed E-state index contributed by atoms with van der Waals surface area (Å²) in [6.07, 6.45) is 0. The van der Waals surface area contributed by atoms with Gasteiger partial charge in [-0.1, -0.05) is 182 Å². The molecule has 0 N–H and O–H groups in total. The van der Waals surface area contributed by atoms with Gasteiger partial charge < -0.3 is 4.42 Å². The maximum atomic E-state index is 6.74. The summed E-state index contributed by atoms with van der Waals surface area (Å²) in [6.45, 7) is 0. The van der Waals surface area contributed by atoms with Crippen LogP contribution in [0.5, 0.6) is 0 Å². The van der Waals surface area contributed by atoms with Crippen LogP contribution in [0.1, 0.15) is 0 Å². The Kier molecular flexibility index (Phi) is 7.78. The molecular weight excluding hydrogens is 695 g/mol. The Morgan fingerprint density at radius 3 is 1.47 bits per heavy atom. The molecule has 11 rings (SSSR count). The third kappa shape index (κ3) is 5.66. The summed E-state index contributed by atoms with van der Waals surface area (Å²) in [5.41, 5.74) is 11.4. The molecule has 0 aliphatic rings. The fraction of sp³-hybridized carbons (Fsp3) is 0. The molecule has 4 nitrogen and oxygen atoms in total. The lowest BCUT2D eigenvalue weighted by molar-refractivity contribution is 0.673. The minimum absolute atomic E-state index is 0.623. The SMILES string of the molecule is c1ccc(-c2ccc(-c3nc(-c4ccccc4)nc(-c4ccc(-c5cc6c(-c7ccccc7)cccc6c6oc7ccccc7c56)c5ccccc45)n3)cc2)cc1. The van der Waals surface area contributed by atoms with E-state index in [-0.39, 0.29) is 0 Å². The van der Waals surface area contributed by atoms with Crippen molar-refractivity contribution in [2.45, 2.75) is 0 Å². The predicted octanol–water partition coefficient (Wildman–Crippen LogP) is 14.1. The highest BCUT2D eigenvalue weighted by Gasteiger charge is 2.21. The minimum atomic E-state index is 0.623. The largest absolute Gasteiger partial charge is 0.455 e. The zero-order valence-corrected chi connectivity index (χ0v) is 30.8. The first-order valence-electron chi connectivity index (χ1n) is 19.2. The van der Waals surface area contributed by atoms with Crippen LogP contribution in [0.4, 0.5) is 0 Å². The van der Waals surface area contributed by atoms with Crippen LogP contribution in [-0.2, 0) is 0 Å². The van der Waals surface area contributed by atoms with Crippen LogP contribution in [0.2, 0.25) is 0 Å². The zero-order chi connectivity index (χ0) is 37.7. The van der Waals surface area contributed by atoms with Gasteiger partial charge >= 0.3 is 0 Å². The molecule has 2 heterocycles. The standard InChI is InChI=1S/C53H33N3O/c1-4-15-34(16-5-1)35-27-29-38(30-28-35)52-54-51(37-19-8-3-9-20-37)55-53(56-52)44-32-31-42(40-21-10-11-22-41(40)44)47-33-46-39(36-17-6-2-7-18-36)24-14-25-43(46)50-49(47)45-23-12-13-26-48(45)57-50/h1-33H. The molecule has 0 saturated carbocycles. The molecule has 9 aromatic carbocycles. The van der Waals surface area contributed by atoms with Crippen LogP contribution in [0.25, 0.3) is 111 Å². The minimum Gasteiger partial charge on any atom is -0.455 e. The van der Waals surface area contributed by atoms with Gasteiger partial charge in [-0.05, 0) is 67.7 Å². The van der Waals surface area contributed by atoms with Crippen LogP contribution in [-0.4, -0.2) is 15.0 Å². The fourth-order valence-electron chi connectivity index (χ4n) is 8.23. The third-order valence-corrected chi connectivity index (χ3v) is 11.0. The van der Waals surface area contributed by atoms with E-state index in [1.54, 1.807) is 0 Å². The Balaban J connectivity index is 1.13. The van der Waals surface area contributed by atoms with Gasteiger partial charge in [-0.25, -0.2) is 15.0 Å². The van der Waals surface area contributed by atoms with E-state index in [2.05, 4.69) is 158 Å². The number of fused-ring (bicyclic) bond motifs is 6. The second-order valence-electron chi connectivity index (χ2n) is 14.3. The average molecular weight is 728 g/mol. The van der Waals surface area contributed by atoms with Crippen molar-refractivity contribution >= 4 is 43.5 Å². The number of para-hydroxylation sites is 1. The number of rotatable bonds is 6. The van der Waals surface area contributed by atoms with E-state index in [0.717, 1.165) is 76.9 Å². The van der Waals surface area contributed by atoms with Crippen LogP contribution in [0.15, 0.2) is 205 Å². The van der Waals surface area contributed by atoms with Gasteiger partial charge in [-0.2, -0.15) is 0 Å². The Labute approximate surface area is 329 Å². The Morgan fingerprint density at radius 1 is 0.281 bits per heavy atom. The van der Waals surface area contributed by atoms with E-state index in [1.165, 1.54) is 16.7 Å². The topological polar surface area (TPSA) is 51.8 Å². The zero-order valence-electron chi connectivity index (χ0n) is 30.8. The second-order valence-corrected chi connectivity index (χ2v) is 14.3. The number of aromatic nitrogens is 3. The van der Waals surface area contributed by atoms with Crippen molar-refractivity contribution in [2.75, 3.05) is 0 Å². The quantitative estimate of drug-likeness (QED) is 0.171. The molecule has 0 aliphatic heterocycles. The first-order valence-corrected chi connectivity index (χ1v) is 19.2. The van der Waals surface area contributed by atoms with Crippen molar-refractivity contribution in [1.29, 1.82) is 0 Å². The molecule has 0 unspecified atom stereocenters. The second kappa shape index (κ2) is 13.6. The Hall–Kier alpha value is -7.69. The predicted molar refractivity (Wildman–Crippen MR) is 235 cm³/mol. The van der Waals surface area contributed by atoms with Gasteiger partial charge in [0.2, 0.25) is 0 Å². The van der Waals surface area contributed by atoms with Crippen molar-refractivity contribution in [3.8, 4) is 67.5 Å². The van der Waals surface area contributed by atoms with E-state index in [9.17, 15) is 0 Å². The number of benzene rings is 9. The lowest BCUT2D eigenvalue weighted by Crippen LogP contribution is -2.01. The molecule has 57 heavy (non-hydrogen) atoms. The molecule has 0 spiro atoms. The molecule has 0 atom stereocenters.